The van der Waals surface area contributed by atoms with E-state index in [1.54, 1.807) is 14.2 Å². The highest BCUT2D eigenvalue weighted by Gasteiger charge is 2.43. The highest BCUT2D eigenvalue weighted by Crippen LogP contribution is 2.49. The predicted octanol–water partition coefficient (Wildman–Crippen LogP) is 7.99. The summed E-state index contributed by atoms with van der Waals surface area (Å²) in [6, 6.07) is 16.9. The molecule has 0 spiro atoms. The zero-order valence-corrected chi connectivity index (χ0v) is 24.4. The molecule has 0 unspecified atom stereocenters. The number of hydrogen-bond acceptors (Lipinski definition) is 3. The average Bonchev–Trinajstić information content (AvgIpc) is 3.44. The summed E-state index contributed by atoms with van der Waals surface area (Å²) in [5, 5.41) is 0. The maximum atomic E-state index is 5.95. The molecule has 0 radical (unpaired) electrons. The Kier molecular flexibility index (Phi) is 12.8. The Morgan fingerprint density at radius 3 is 1.79 bits per heavy atom. The minimum Gasteiger partial charge on any atom is -0.496 e. The summed E-state index contributed by atoms with van der Waals surface area (Å²) in [6.45, 7) is 3.26. The molecular formula is C33H49BN2O2. The van der Waals surface area contributed by atoms with Crippen LogP contribution in [0.5, 0.6) is 11.5 Å². The molecule has 0 aliphatic heterocycles. The zero-order chi connectivity index (χ0) is 27.1. The number of aryl methyl sites for hydroxylation is 1. The molecular weight excluding hydrogens is 467 g/mol. The number of imidazole rings is 1. The highest BCUT2D eigenvalue weighted by molar-refractivity contribution is 6.08. The van der Waals surface area contributed by atoms with Crippen molar-refractivity contribution in [3.63, 3.8) is 0 Å². The summed E-state index contributed by atoms with van der Waals surface area (Å²) >= 11 is 0. The van der Waals surface area contributed by atoms with Gasteiger partial charge in [-0.1, -0.05) is 114 Å². The maximum absolute atomic E-state index is 5.95. The molecule has 1 aromatic heterocycles. The first-order chi connectivity index (χ1) is 18.7. The summed E-state index contributed by atoms with van der Waals surface area (Å²) in [6.07, 6.45) is 20.6. The second-order valence-electron chi connectivity index (χ2n) is 10.5. The average molecular weight is 517 g/mol. The van der Waals surface area contributed by atoms with Crippen LogP contribution < -0.4 is 9.47 Å². The number of methoxy groups -OCH3 is 2. The fourth-order valence-corrected chi connectivity index (χ4v) is 5.84. The quantitative estimate of drug-likeness (QED) is 0.120. The Labute approximate surface area is 232 Å². The number of nitrogens with zero attached hydrogens (tertiary/aromatic N) is 2. The molecule has 0 fully saturated rings. The first-order valence-electron chi connectivity index (χ1n) is 15.0. The van der Waals surface area contributed by atoms with Gasteiger partial charge >= 0.3 is 0 Å². The van der Waals surface area contributed by atoms with E-state index >= 15 is 0 Å². The van der Waals surface area contributed by atoms with Crippen LogP contribution in [0.3, 0.4) is 0 Å². The smallest absolute Gasteiger partial charge is 0.124 e. The van der Waals surface area contributed by atoms with Crippen molar-refractivity contribution in [2.45, 2.75) is 102 Å². The lowest BCUT2D eigenvalue weighted by atomic mass is 9.68. The van der Waals surface area contributed by atoms with Gasteiger partial charge in [-0.25, -0.2) is 4.98 Å². The third kappa shape index (κ3) is 7.45. The van der Waals surface area contributed by atoms with Crippen molar-refractivity contribution in [1.29, 1.82) is 0 Å². The first-order valence-corrected chi connectivity index (χ1v) is 15.0. The minimum atomic E-state index is -0.475. The molecule has 4 nitrogen and oxygen atoms in total. The van der Waals surface area contributed by atoms with Crippen LogP contribution in [-0.4, -0.2) is 31.6 Å². The molecule has 3 aromatic rings. The number of para-hydroxylation sites is 2. The van der Waals surface area contributed by atoms with E-state index in [0.717, 1.165) is 54.2 Å². The van der Waals surface area contributed by atoms with Gasteiger partial charge in [0, 0.05) is 30.1 Å². The maximum Gasteiger partial charge on any atom is 0.124 e. The number of hydrogen-bond donors (Lipinski definition) is 0. The van der Waals surface area contributed by atoms with Crippen molar-refractivity contribution in [2.75, 3.05) is 14.2 Å². The monoisotopic (exact) mass is 516 g/mol. The summed E-state index contributed by atoms with van der Waals surface area (Å²) in [7, 11) is 5.79. The third-order valence-electron chi connectivity index (χ3n) is 7.89. The molecule has 0 saturated carbocycles. The van der Waals surface area contributed by atoms with E-state index in [0.29, 0.717) is 0 Å². The van der Waals surface area contributed by atoms with Crippen molar-refractivity contribution >= 4 is 7.85 Å². The molecule has 0 aliphatic carbocycles. The van der Waals surface area contributed by atoms with Crippen LogP contribution in [-0.2, 0) is 12.0 Å². The second kappa shape index (κ2) is 16.3. The van der Waals surface area contributed by atoms with Gasteiger partial charge in [0.15, 0.2) is 0 Å². The van der Waals surface area contributed by atoms with Gasteiger partial charge in [-0.05, 0) is 25.0 Å². The summed E-state index contributed by atoms with van der Waals surface area (Å²) in [4.78, 5) is 5.06. The van der Waals surface area contributed by atoms with Crippen LogP contribution >= 0.6 is 0 Å². The van der Waals surface area contributed by atoms with Gasteiger partial charge in [-0.3, -0.25) is 0 Å². The molecule has 38 heavy (non-hydrogen) atoms. The topological polar surface area (TPSA) is 36.3 Å². The number of aromatic nitrogens is 2. The Morgan fingerprint density at radius 2 is 1.26 bits per heavy atom. The third-order valence-corrected chi connectivity index (χ3v) is 7.89. The van der Waals surface area contributed by atoms with Crippen LogP contribution in [0.25, 0.3) is 0 Å². The van der Waals surface area contributed by atoms with Crippen molar-refractivity contribution in [1.82, 2.24) is 9.55 Å². The van der Waals surface area contributed by atoms with E-state index in [-0.39, 0.29) is 0 Å². The van der Waals surface area contributed by atoms with Gasteiger partial charge in [-0.2, -0.15) is 0 Å². The fourth-order valence-electron chi connectivity index (χ4n) is 5.84. The van der Waals surface area contributed by atoms with E-state index in [1.165, 1.54) is 64.2 Å². The zero-order valence-electron chi connectivity index (χ0n) is 24.4. The summed E-state index contributed by atoms with van der Waals surface area (Å²) < 4.78 is 14.3. The highest BCUT2D eigenvalue weighted by atomic mass is 16.5. The van der Waals surface area contributed by atoms with Crippen LogP contribution in [0.4, 0.5) is 0 Å². The molecule has 2 aromatic carbocycles. The SMILES string of the molecule is BCCCC(c1ccccc1OC)(c1ccccc1OC)c1nccn1CCCCCCCCCCCC. The van der Waals surface area contributed by atoms with E-state index in [4.69, 9.17) is 14.5 Å². The van der Waals surface area contributed by atoms with Crippen molar-refractivity contribution < 1.29 is 9.47 Å². The van der Waals surface area contributed by atoms with Crippen LogP contribution in [0.15, 0.2) is 60.9 Å². The number of unbranched alkanes of at least 4 members (excludes halogenated alkanes) is 9. The predicted molar refractivity (Wildman–Crippen MR) is 163 cm³/mol. The Morgan fingerprint density at radius 1 is 0.737 bits per heavy atom. The van der Waals surface area contributed by atoms with Crippen LogP contribution in [0.1, 0.15) is 101 Å². The van der Waals surface area contributed by atoms with Gasteiger partial charge in [0.1, 0.15) is 25.2 Å². The Hall–Kier alpha value is -2.69. The van der Waals surface area contributed by atoms with E-state index < -0.39 is 5.41 Å². The molecule has 0 bridgehead atoms. The first kappa shape index (κ1) is 29.9. The minimum absolute atomic E-state index is 0.475. The molecule has 0 aliphatic rings. The van der Waals surface area contributed by atoms with Crippen LogP contribution in [0.2, 0.25) is 6.32 Å². The molecule has 0 saturated heterocycles. The van der Waals surface area contributed by atoms with Gasteiger partial charge in [0.05, 0.1) is 19.6 Å². The molecule has 0 atom stereocenters. The normalized spacial score (nSPS) is 11.6. The van der Waals surface area contributed by atoms with Crippen molar-refractivity contribution in [3.05, 3.63) is 77.9 Å². The van der Waals surface area contributed by atoms with Gasteiger partial charge in [-0.15, -0.1) is 0 Å². The number of rotatable bonds is 19. The van der Waals surface area contributed by atoms with Gasteiger partial charge in [0.2, 0.25) is 0 Å². The fraction of sp³-hybridized carbons (Fsp3) is 0.545. The molecule has 206 valence electrons. The van der Waals surface area contributed by atoms with E-state index in [1.807, 2.05) is 18.3 Å². The standard InChI is InChI=1S/C33H49BN2O2/c1-4-5-6-7-8-9-10-11-12-17-26-36-27-25-35-32(36)33(23-18-24-34,28-19-13-15-21-30(28)37-2)29-20-14-16-22-31(29)38-3/h13-16,19-22,25,27H,4-12,17-18,23-24,26,34H2,1-3H3. The molecule has 3 rings (SSSR count). The summed E-state index contributed by atoms with van der Waals surface area (Å²) in [5.41, 5.74) is 1.82. The van der Waals surface area contributed by atoms with Gasteiger partial charge in [0.25, 0.3) is 0 Å². The van der Waals surface area contributed by atoms with Crippen molar-refractivity contribution in [3.8, 4) is 11.5 Å². The second-order valence-corrected chi connectivity index (χ2v) is 10.5. The Balaban J connectivity index is 1.88. The van der Waals surface area contributed by atoms with Gasteiger partial charge < -0.3 is 14.0 Å². The Bertz CT molecular complexity index is 1020. The molecule has 0 N–H and O–H groups in total. The molecule has 1 heterocycles. The van der Waals surface area contributed by atoms with E-state index in [9.17, 15) is 0 Å². The molecule has 5 heteroatoms. The lowest BCUT2D eigenvalue weighted by Gasteiger charge is -2.37. The number of ether oxygens (including phenoxy) is 2. The number of benzene rings is 2. The van der Waals surface area contributed by atoms with E-state index in [2.05, 4.69) is 61.9 Å². The van der Waals surface area contributed by atoms with Crippen molar-refractivity contribution in [2.24, 2.45) is 0 Å². The molecule has 0 amide bonds. The van der Waals surface area contributed by atoms with Crippen LogP contribution in [0, 0.1) is 0 Å². The largest absolute Gasteiger partial charge is 0.496 e. The lowest BCUT2D eigenvalue weighted by Crippen LogP contribution is -2.34. The lowest BCUT2D eigenvalue weighted by molar-refractivity contribution is 0.373. The summed E-state index contributed by atoms with van der Waals surface area (Å²) in [5.74, 6) is 2.86.